The molecule has 1 aliphatic carbocycles. The average molecular weight is 197 g/mol. The van der Waals surface area contributed by atoms with Gasteiger partial charge in [-0.05, 0) is 49.0 Å². The normalized spacial score (nSPS) is 34.5. The van der Waals surface area contributed by atoms with E-state index in [0.29, 0.717) is 5.41 Å². The fourth-order valence-electron chi connectivity index (χ4n) is 3.08. The maximum Gasteiger partial charge on any atom is -0.00488 e. The summed E-state index contributed by atoms with van der Waals surface area (Å²) >= 11 is 0. The van der Waals surface area contributed by atoms with Crippen molar-refractivity contribution in [3.63, 3.8) is 0 Å². The van der Waals surface area contributed by atoms with Crippen molar-refractivity contribution in [3.8, 4) is 0 Å². The minimum Gasteiger partial charge on any atom is -0.330 e. The maximum absolute atomic E-state index is 5.80. The first-order chi connectivity index (χ1) is 6.49. The summed E-state index contributed by atoms with van der Waals surface area (Å²) in [5, 5.41) is 0. The van der Waals surface area contributed by atoms with Gasteiger partial charge in [0.25, 0.3) is 0 Å². The van der Waals surface area contributed by atoms with Gasteiger partial charge in [-0.1, -0.05) is 34.1 Å². The quantitative estimate of drug-likeness (QED) is 0.721. The molecule has 0 aromatic carbocycles. The van der Waals surface area contributed by atoms with Crippen LogP contribution in [0.4, 0.5) is 0 Å². The first kappa shape index (κ1) is 12.0. The van der Waals surface area contributed by atoms with Crippen molar-refractivity contribution >= 4 is 0 Å². The van der Waals surface area contributed by atoms with Crippen molar-refractivity contribution < 1.29 is 0 Å². The lowest BCUT2D eigenvalue weighted by Crippen LogP contribution is -2.36. The average Bonchev–Trinajstić information content (AvgIpc) is 2.15. The fraction of sp³-hybridized carbons (Fsp3) is 1.00. The third-order valence-corrected chi connectivity index (χ3v) is 4.07. The zero-order chi connectivity index (χ0) is 10.8. The second-order valence-corrected chi connectivity index (χ2v) is 6.06. The molecule has 0 heterocycles. The summed E-state index contributed by atoms with van der Waals surface area (Å²) in [7, 11) is 0. The standard InChI is InChI=1S/C13H27N/c1-5-11-7-6-10(9-14)8-12(11)13(2,3)4/h10-12H,5-9,14H2,1-4H3. The highest BCUT2D eigenvalue weighted by atomic mass is 14.6. The highest BCUT2D eigenvalue weighted by Crippen LogP contribution is 2.44. The van der Waals surface area contributed by atoms with E-state index in [2.05, 4.69) is 27.7 Å². The van der Waals surface area contributed by atoms with Crippen molar-refractivity contribution in [1.29, 1.82) is 0 Å². The van der Waals surface area contributed by atoms with E-state index in [-0.39, 0.29) is 0 Å². The largest absolute Gasteiger partial charge is 0.330 e. The number of hydrogen-bond donors (Lipinski definition) is 1. The Kier molecular flexibility index (Phi) is 4.00. The first-order valence-corrected chi connectivity index (χ1v) is 6.19. The summed E-state index contributed by atoms with van der Waals surface area (Å²) in [5.74, 6) is 2.62. The van der Waals surface area contributed by atoms with E-state index >= 15 is 0 Å². The second-order valence-electron chi connectivity index (χ2n) is 6.06. The number of nitrogens with two attached hydrogens (primary N) is 1. The molecule has 0 aromatic rings. The first-order valence-electron chi connectivity index (χ1n) is 6.19. The molecule has 1 aliphatic rings. The van der Waals surface area contributed by atoms with Crippen LogP contribution < -0.4 is 5.73 Å². The molecule has 1 fully saturated rings. The predicted octanol–water partition coefficient (Wildman–Crippen LogP) is 3.43. The van der Waals surface area contributed by atoms with Gasteiger partial charge in [0.15, 0.2) is 0 Å². The molecular weight excluding hydrogens is 170 g/mol. The highest BCUT2D eigenvalue weighted by molar-refractivity contribution is 4.86. The molecule has 0 saturated heterocycles. The third kappa shape index (κ3) is 2.73. The van der Waals surface area contributed by atoms with Crippen molar-refractivity contribution in [3.05, 3.63) is 0 Å². The van der Waals surface area contributed by atoms with Gasteiger partial charge in [0.1, 0.15) is 0 Å². The fourth-order valence-corrected chi connectivity index (χ4v) is 3.08. The lowest BCUT2D eigenvalue weighted by atomic mass is 9.63. The summed E-state index contributed by atoms with van der Waals surface area (Å²) < 4.78 is 0. The van der Waals surface area contributed by atoms with E-state index in [9.17, 15) is 0 Å². The lowest BCUT2D eigenvalue weighted by molar-refractivity contribution is 0.0760. The molecular formula is C13H27N. The Balaban J connectivity index is 2.65. The molecule has 0 radical (unpaired) electrons. The van der Waals surface area contributed by atoms with Crippen LogP contribution in [0.25, 0.3) is 0 Å². The van der Waals surface area contributed by atoms with Crippen molar-refractivity contribution in [1.82, 2.24) is 0 Å². The number of rotatable bonds is 2. The summed E-state index contributed by atoms with van der Waals surface area (Å²) in [4.78, 5) is 0. The minimum absolute atomic E-state index is 0.467. The van der Waals surface area contributed by atoms with Crippen LogP contribution in [-0.4, -0.2) is 6.54 Å². The molecule has 84 valence electrons. The van der Waals surface area contributed by atoms with Crippen molar-refractivity contribution in [2.75, 3.05) is 6.54 Å². The number of hydrogen-bond acceptors (Lipinski definition) is 1. The van der Waals surface area contributed by atoms with Gasteiger partial charge in [-0.3, -0.25) is 0 Å². The van der Waals surface area contributed by atoms with Crippen molar-refractivity contribution in [2.24, 2.45) is 28.9 Å². The van der Waals surface area contributed by atoms with Crippen molar-refractivity contribution in [2.45, 2.75) is 53.4 Å². The lowest BCUT2D eigenvalue weighted by Gasteiger charge is -2.43. The van der Waals surface area contributed by atoms with Crippen LogP contribution in [0.5, 0.6) is 0 Å². The van der Waals surface area contributed by atoms with Crippen LogP contribution in [0.3, 0.4) is 0 Å². The van der Waals surface area contributed by atoms with Crippen LogP contribution in [0, 0.1) is 23.2 Å². The van der Waals surface area contributed by atoms with E-state index in [1.165, 1.54) is 25.7 Å². The topological polar surface area (TPSA) is 26.0 Å². The Bertz CT molecular complexity index is 169. The molecule has 0 spiro atoms. The third-order valence-electron chi connectivity index (χ3n) is 4.07. The molecule has 3 unspecified atom stereocenters. The Labute approximate surface area is 89.5 Å². The van der Waals surface area contributed by atoms with Crippen LogP contribution >= 0.6 is 0 Å². The monoisotopic (exact) mass is 197 g/mol. The summed E-state index contributed by atoms with van der Waals surface area (Å²) in [6.07, 6.45) is 5.47. The van der Waals surface area contributed by atoms with E-state index in [4.69, 9.17) is 5.73 Å². The molecule has 3 atom stereocenters. The molecule has 1 nitrogen and oxygen atoms in total. The van der Waals surface area contributed by atoms with Gasteiger partial charge in [0.2, 0.25) is 0 Å². The van der Waals surface area contributed by atoms with E-state index in [1.807, 2.05) is 0 Å². The molecule has 1 rings (SSSR count). The summed E-state index contributed by atoms with van der Waals surface area (Å²) in [6, 6.07) is 0. The van der Waals surface area contributed by atoms with Gasteiger partial charge in [-0.15, -0.1) is 0 Å². The van der Waals surface area contributed by atoms with E-state index in [0.717, 1.165) is 24.3 Å². The van der Waals surface area contributed by atoms with Gasteiger partial charge in [0, 0.05) is 0 Å². The molecule has 1 saturated carbocycles. The predicted molar refractivity (Wildman–Crippen MR) is 63.1 cm³/mol. The molecule has 0 aliphatic heterocycles. The zero-order valence-electron chi connectivity index (χ0n) is 10.3. The molecule has 14 heavy (non-hydrogen) atoms. The van der Waals surface area contributed by atoms with Gasteiger partial charge < -0.3 is 5.73 Å². The Morgan fingerprint density at radius 1 is 1.21 bits per heavy atom. The van der Waals surface area contributed by atoms with Crippen LogP contribution in [0.2, 0.25) is 0 Å². The maximum atomic E-state index is 5.80. The van der Waals surface area contributed by atoms with E-state index in [1.54, 1.807) is 0 Å². The van der Waals surface area contributed by atoms with Gasteiger partial charge >= 0.3 is 0 Å². The van der Waals surface area contributed by atoms with Crippen LogP contribution in [0.15, 0.2) is 0 Å². The summed E-state index contributed by atoms with van der Waals surface area (Å²) in [6.45, 7) is 10.4. The molecule has 0 amide bonds. The second kappa shape index (κ2) is 4.65. The van der Waals surface area contributed by atoms with Gasteiger partial charge in [-0.2, -0.15) is 0 Å². The molecule has 2 N–H and O–H groups in total. The SMILES string of the molecule is CCC1CCC(CN)CC1C(C)(C)C. The Morgan fingerprint density at radius 2 is 1.86 bits per heavy atom. The zero-order valence-corrected chi connectivity index (χ0v) is 10.3. The molecule has 0 bridgehead atoms. The molecule has 1 heteroatoms. The van der Waals surface area contributed by atoms with Crippen LogP contribution in [-0.2, 0) is 0 Å². The highest BCUT2D eigenvalue weighted by Gasteiger charge is 2.36. The van der Waals surface area contributed by atoms with E-state index < -0.39 is 0 Å². The minimum atomic E-state index is 0.467. The Hall–Kier alpha value is -0.0400. The Morgan fingerprint density at radius 3 is 2.29 bits per heavy atom. The summed E-state index contributed by atoms with van der Waals surface area (Å²) in [5.41, 5.74) is 6.26. The molecule has 0 aromatic heterocycles. The smallest absolute Gasteiger partial charge is 0.00488 e. The van der Waals surface area contributed by atoms with Gasteiger partial charge in [0.05, 0.1) is 0 Å². The van der Waals surface area contributed by atoms with Gasteiger partial charge in [-0.25, -0.2) is 0 Å². The van der Waals surface area contributed by atoms with Crippen LogP contribution in [0.1, 0.15) is 53.4 Å².